The van der Waals surface area contributed by atoms with Gasteiger partial charge in [0.05, 0.1) is 23.0 Å². The molecule has 2 aromatic carbocycles. The van der Waals surface area contributed by atoms with Crippen molar-refractivity contribution < 1.29 is 44.3 Å². The lowest BCUT2D eigenvalue weighted by molar-refractivity contribution is -0.178. The monoisotopic (exact) mass is 619 g/mol. The number of nitrogens with two attached hydrogens (primary N) is 1. The maximum absolute atomic E-state index is 14.3. The third kappa shape index (κ3) is 4.51. The number of carbonyl (C=O) groups excluding carboxylic acids is 4. The molecule has 6 N–H and O–H groups in total. The van der Waals surface area contributed by atoms with Gasteiger partial charge in [0.1, 0.15) is 28.9 Å². The maximum atomic E-state index is 14.3. The van der Waals surface area contributed by atoms with Crippen molar-refractivity contribution in [3.05, 3.63) is 81.1 Å². The highest BCUT2D eigenvalue weighted by Gasteiger charge is 2.66. The molecule has 2 saturated carbocycles. The van der Waals surface area contributed by atoms with E-state index in [-0.39, 0.29) is 11.3 Å². The van der Waals surface area contributed by atoms with E-state index >= 15 is 0 Å². The number of Topliss-reactive ketones (excluding diaryl/α,β-unsaturated/α-hetero) is 2. The van der Waals surface area contributed by atoms with Gasteiger partial charge >= 0.3 is 5.97 Å². The van der Waals surface area contributed by atoms with Gasteiger partial charge in [-0.05, 0) is 47.7 Å². The molecule has 2 fully saturated rings. The van der Waals surface area contributed by atoms with Crippen LogP contribution in [0.3, 0.4) is 0 Å². The summed E-state index contributed by atoms with van der Waals surface area (Å²) in [5.74, 6) is -9.66. The van der Waals surface area contributed by atoms with Crippen LogP contribution in [-0.4, -0.2) is 55.6 Å². The molecule has 0 bridgehead atoms. The number of aromatic hydroxyl groups is 1. The Kier molecular flexibility index (Phi) is 7.37. The summed E-state index contributed by atoms with van der Waals surface area (Å²) in [6, 6.07) is 11.2. The number of hydrogen-bond acceptors (Lipinski definition) is 9. The fourth-order valence-corrected chi connectivity index (χ4v) is 7.24. The van der Waals surface area contributed by atoms with E-state index in [9.17, 15) is 39.6 Å². The molecular weight excluding hydrogens is 590 g/mol. The minimum absolute atomic E-state index is 0.114. The van der Waals surface area contributed by atoms with Gasteiger partial charge in [0.2, 0.25) is 5.78 Å². The average molecular weight is 620 g/mol. The van der Waals surface area contributed by atoms with Crippen LogP contribution in [-0.2, 0) is 23.9 Å². The lowest BCUT2D eigenvalue weighted by Crippen LogP contribution is -2.64. The van der Waals surface area contributed by atoms with E-state index in [1.807, 2.05) is 0 Å². The van der Waals surface area contributed by atoms with Crippen molar-refractivity contribution in [1.29, 1.82) is 0 Å². The number of phenolic OH excluding ortho intramolecular Hbond substituents is 1. The molecule has 0 aliphatic heterocycles. The quantitative estimate of drug-likeness (QED) is 0.247. The molecule has 228 valence electrons. The van der Waals surface area contributed by atoms with Crippen molar-refractivity contribution in [2.45, 2.75) is 50.2 Å². The average Bonchev–Trinajstić information content (AvgIpc) is 2.99. The van der Waals surface area contributed by atoms with E-state index in [4.69, 9.17) is 22.1 Å². The van der Waals surface area contributed by atoms with Gasteiger partial charge in [-0.2, -0.15) is 0 Å². The Hall–Kier alpha value is -4.41. The highest BCUT2D eigenvalue weighted by Crippen LogP contribution is 2.56. The second-order valence-electron chi connectivity index (χ2n) is 11.7. The Morgan fingerprint density at radius 1 is 1.00 bits per heavy atom. The zero-order valence-corrected chi connectivity index (χ0v) is 24.2. The molecule has 4 aliphatic carbocycles. The molecule has 11 heteroatoms. The van der Waals surface area contributed by atoms with E-state index in [0.29, 0.717) is 34.6 Å². The first-order valence-corrected chi connectivity index (χ1v) is 14.8. The van der Waals surface area contributed by atoms with Crippen LogP contribution in [0, 0.1) is 17.8 Å². The first-order valence-electron chi connectivity index (χ1n) is 14.4. The largest absolute Gasteiger partial charge is 0.508 e. The molecular formula is C33H30ClNO9. The van der Waals surface area contributed by atoms with Gasteiger partial charge in [-0.3, -0.25) is 19.2 Å². The summed E-state index contributed by atoms with van der Waals surface area (Å²) in [6.45, 7) is 0. The van der Waals surface area contributed by atoms with Gasteiger partial charge in [-0.15, -0.1) is 0 Å². The molecule has 0 heterocycles. The van der Waals surface area contributed by atoms with Crippen LogP contribution in [0.2, 0.25) is 5.02 Å². The van der Waals surface area contributed by atoms with Crippen LogP contribution in [0.4, 0.5) is 0 Å². The third-order valence-electron chi connectivity index (χ3n) is 9.26. The Bertz CT molecular complexity index is 1700. The van der Waals surface area contributed by atoms with Gasteiger partial charge in [-0.1, -0.05) is 61.2 Å². The highest BCUT2D eigenvalue weighted by molar-refractivity contribution is 6.30. The molecule has 0 radical (unpaired) electrons. The number of ketones is 2. The number of phenols is 1. The minimum atomic E-state index is -2.94. The number of halogens is 1. The summed E-state index contributed by atoms with van der Waals surface area (Å²) in [7, 11) is 0. The van der Waals surface area contributed by atoms with Crippen LogP contribution < -0.4 is 5.73 Å². The van der Waals surface area contributed by atoms with Gasteiger partial charge in [-0.25, -0.2) is 0 Å². The number of benzene rings is 2. The van der Waals surface area contributed by atoms with E-state index in [1.54, 1.807) is 42.5 Å². The Labute approximate surface area is 257 Å². The van der Waals surface area contributed by atoms with Crippen molar-refractivity contribution in [3.8, 4) is 5.75 Å². The Balaban J connectivity index is 1.63. The molecule has 2 aromatic rings. The van der Waals surface area contributed by atoms with Crippen LogP contribution in [0.15, 0.2) is 59.4 Å². The number of fused-ring (bicyclic) bond motifs is 3. The summed E-state index contributed by atoms with van der Waals surface area (Å²) >= 11 is 6.10. The zero-order chi connectivity index (χ0) is 31.5. The number of ether oxygens (including phenoxy) is 1. The standard InChI is InChI=1S/C33H30ClNO9/c34-17-11-9-15(10-12-17)13-19-18-7-4-8-21(36)23(18)27(38)26-24(19)28(44-32(42)16-5-2-1-3-6-16)20-14-22(37)25(31(35)41)29(39)33(20,43)30(26)40/h4,7-13,16,20,24,28,36,38-39,43H,1-3,5-6,14H2,(H2,35,41)/b19-13+/t20-,24-,28-,33-/m1/s1. The number of rotatable bonds is 4. The summed E-state index contributed by atoms with van der Waals surface area (Å²) < 4.78 is 6.13. The molecule has 6 rings (SSSR count). The molecule has 44 heavy (non-hydrogen) atoms. The van der Waals surface area contributed by atoms with Crippen molar-refractivity contribution in [3.63, 3.8) is 0 Å². The lowest BCUT2D eigenvalue weighted by atomic mass is 9.56. The van der Waals surface area contributed by atoms with Crippen LogP contribution in [0.1, 0.15) is 55.2 Å². The number of hydrogen-bond donors (Lipinski definition) is 5. The first-order chi connectivity index (χ1) is 20.9. The topological polar surface area (TPSA) is 184 Å². The van der Waals surface area contributed by atoms with E-state index in [0.717, 1.165) is 19.3 Å². The normalized spacial score (nSPS) is 28.0. The maximum Gasteiger partial charge on any atom is 0.309 e. The molecule has 0 unspecified atom stereocenters. The van der Waals surface area contributed by atoms with Gasteiger partial charge < -0.3 is 30.9 Å². The van der Waals surface area contributed by atoms with Gasteiger partial charge in [0.25, 0.3) is 5.91 Å². The number of aliphatic hydroxyl groups excluding tert-OH is 2. The zero-order valence-electron chi connectivity index (χ0n) is 23.5. The molecule has 0 aromatic heterocycles. The smallest absolute Gasteiger partial charge is 0.309 e. The molecule has 10 nitrogen and oxygen atoms in total. The predicted molar refractivity (Wildman–Crippen MR) is 159 cm³/mol. The summed E-state index contributed by atoms with van der Waals surface area (Å²) in [6.07, 6.45) is 3.28. The van der Waals surface area contributed by atoms with E-state index in [2.05, 4.69) is 0 Å². The SMILES string of the molecule is NC(=O)C1=C(O)[C@@]2(O)C(=O)C3=C(O)c4c(O)cccc4/C(=C\c4ccc(Cl)cc4)[C@H]3[C@H](OC(=O)C3CCCCC3)[C@H]2CC1=O. The first kappa shape index (κ1) is 29.7. The molecule has 0 saturated heterocycles. The number of primary amides is 1. The van der Waals surface area contributed by atoms with Crippen molar-refractivity contribution in [2.24, 2.45) is 23.5 Å². The van der Waals surface area contributed by atoms with Crippen LogP contribution >= 0.6 is 11.6 Å². The molecule has 4 aliphatic rings. The number of aliphatic hydroxyl groups is 3. The van der Waals surface area contributed by atoms with Gasteiger partial charge in [0.15, 0.2) is 11.4 Å². The fraction of sp³-hybridized carbons (Fsp3) is 0.333. The second kappa shape index (κ2) is 10.9. The Morgan fingerprint density at radius 2 is 1.68 bits per heavy atom. The minimum Gasteiger partial charge on any atom is -0.508 e. The predicted octanol–water partition coefficient (Wildman–Crippen LogP) is 4.18. The number of esters is 1. The van der Waals surface area contributed by atoms with Crippen molar-refractivity contribution in [1.82, 2.24) is 0 Å². The van der Waals surface area contributed by atoms with E-state index < -0.39 is 82.0 Å². The molecule has 0 spiro atoms. The molecule has 1 amide bonds. The molecule has 4 atom stereocenters. The third-order valence-corrected chi connectivity index (χ3v) is 9.51. The fourth-order valence-electron chi connectivity index (χ4n) is 7.12. The van der Waals surface area contributed by atoms with Crippen molar-refractivity contribution in [2.75, 3.05) is 0 Å². The summed E-state index contributed by atoms with van der Waals surface area (Å²) in [5, 5.41) is 46.0. The van der Waals surface area contributed by atoms with Crippen LogP contribution in [0.25, 0.3) is 17.4 Å². The van der Waals surface area contributed by atoms with Crippen molar-refractivity contribution >= 4 is 52.5 Å². The summed E-state index contributed by atoms with van der Waals surface area (Å²) in [4.78, 5) is 53.3. The Morgan fingerprint density at radius 3 is 2.34 bits per heavy atom. The number of carbonyl (C=O) groups is 4. The number of amides is 1. The van der Waals surface area contributed by atoms with E-state index in [1.165, 1.54) is 6.07 Å². The van der Waals surface area contributed by atoms with Gasteiger partial charge in [0, 0.05) is 17.4 Å². The summed E-state index contributed by atoms with van der Waals surface area (Å²) in [5.41, 5.74) is 2.18. The lowest BCUT2D eigenvalue weighted by Gasteiger charge is -2.50. The van der Waals surface area contributed by atoms with Crippen LogP contribution in [0.5, 0.6) is 5.75 Å². The highest BCUT2D eigenvalue weighted by atomic mass is 35.5. The second-order valence-corrected chi connectivity index (χ2v) is 12.2.